The Morgan fingerprint density at radius 1 is 1.36 bits per heavy atom. The third-order valence-electron chi connectivity index (χ3n) is 1.85. The van der Waals surface area contributed by atoms with Gasteiger partial charge < -0.3 is 4.74 Å². The minimum absolute atomic E-state index is 0.122. The number of ketones is 1. The minimum Gasteiger partial charge on any atom is -0.504 e. The van der Waals surface area contributed by atoms with E-state index in [0.717, 1.165) is 11.1 Å². The van der Waals surface area contributed by atoms with E-state index in [0.29, 0.717) is 6.42 Å². The van der Waals surface area contributed by atoms with Gasteiger partial charge in [-0.3, -0.25) is 4.79 Å². The molecule has 0 fully saturated rings. The maximum Gasteiger partial charge on any atom is 0.167 e. The minimum atomic E-state index is 0.122. The quantitative estimate of drug-likeness (QED) is 0.539. The standard InChI is InChI=1S/C12H14O2/c1-10(9-14-2)8-12(13)11-6-4-3-5-7-11/h3-7,9H,8H2,1-2H3/b10-9-. The molecule has 0 aliphatic rings. The van der Waals surface area contributed by atoms with Crippen molar-refractivity contribution in [3.05, 3.63) is 47.7 Å². The first-order chi connectivity index (χ1) is 6.74. The van der Waals surface area contributed by atoms with Gasteiger partial charge in [-0.2, -0.15) is 0 Å². The normalized spacial score (nSPS) is 11.1. The molecule has 0 saturated carbocycles. The van der Waals surface area contributed by atoms with Crippen LogP contribution >= 0.6 is 0 Å². The summed E-state index contributed by atoms with van der Waals surface area (Å²) in [6.45, 7) is 1.88. The van der Waals surface area contributed by atoms with E-state index < -0.39 is 0 Å². The van der Waals surface area contributed by atoms with Crippen LogP contribution in [0.3, 0.4) is 0 Å². The molecule has 0 spiro atoms. The van der Waals surface area contributed by atoms with E-state index in [2.05, 4.69) is 0 Å². The Kier molecular flexibility index (Phi) is 3.92. The van der Waals surface area contributed by atoms with E-state index in [1.54, 1.807) is 13.4 Å². The van der Waals surface area contributed by atoms with Gasteiger partial charge in [-0.1, -0.05) is 30.3 Å². The van der Waals surface area contributed by atoms with Gasteiger partial charge in [0.2, 0.25) is 0 Å². The van der Waals surface area contributed by atoms with Gasteiger partial charge in [0.1, 0.15) is 0 Å². The Morgan fingerprint density at radius 2 is 2.00 bits per heavy atom. The third kappa shape index (κ3) is 3.05. The number of hydrogen-bond acceptors (Lipinski definition) is 2. The summed E-state index contributed by atoms with van der Waals surface area (Å²) in [6, 6.07) is 9.27. The summed E-state index contributed by atoms with van der Waals surface area (Å²) in [7, 11) is 1.58. The average Bonchev–Trinajstić information content (AvgIpc) is 2.19. The number of Topliss-reactive ketones (excluding diaryl/α,β-unsaturated/α-hetero) is 1. The van der Waals surface area contributed by atoms with Gasteiger partial charge in [-0.05, 0) is 12.5 Å². The number of hydrogen-bond donors (Lipinski definition) is 0. The zero-order chi connectivity index (χ0) is 10.4. The van der Waals surface area contributed by atoms with Crippen LogP contribution in [0, 0.1) is 0 Å². The molecule has 0 atom stereocenters. The van der Waals surface area contributed by atoms with Crippen LogP contribution < -0.4 is 0 Å². The van der Waals surface area contributed by atoms with Gasteiger partial charge >= 0.3 is 0 Å². The zero-order valence-electron chi connectivity index (χ0n) is 8.49. The Hall–Kier alpha value is -1.57. The van der Waals surface area contributed by atoms with Gasteiger partial charge in [-0.25, -0.2) is 0 Å². The lowest BCUT2D eigenvalue weighted by molar-refractivity contribution is 0.0992. The topological polar surface area (TPSA) is 26.3 Å². The number of rotatable bonds is 4. The van der Waals surface area contributed by atoms with Crippen molar-refractivity contribution in [1.82, 2.24) is 0 Å². The van der Waals surface area contributed by atoms with Gasteiger partial charge in [0, 0.05) is 12.0 Å². The smallest absolute Gasteiger partial charge is 0.167 e. The lowest BCUT2D eigenvalue weighted by Crippen LogP contribution is -1.99. The Morgan fingerprint density at radius 3 is 2.57 bits per heavy atom. The van der Waals surface area contributed by atoms with Crippen LogP contribution in [0.15, 0.2) is 42.2 Å². The van der Waals surface area contributed by atoms with Gasteiger partial charge in [0.25, 0.3) is 0 Å². The Balaban J connectivity index is 2.64. The fourth-order valence-electron chi connectivity index (χ4n) is 1.22. The largest absolute Gasteiger partial charge is 0.504 e. The van der Waals surface area contributed by atoms with Crippen molar-refractivity contribution < 1.29 is 9.53 Å². The van der Waals surface area contributed by atoms with Crippen LogP contribution in [0.5, 0.6) is 0 Å². The van der Waals surface area contributed by atoms with E-state index in [1.165, 1.54) is 0 Å². The van der Waals surface area contributed by atoms with Crippen LogP contribution in [0.2, 0.25) is 0 Å². The highest BCUT2D eigenvalue weighted by Crippen LogP contribution is 2.08. The number of carbonyl (C=O) groups excluding carboxylic acids is 1. The third-order valence-corrected chi connectivity index (χ3v) is 1.85. The van der Waals surface area contributed by atoms with E-state index in [1.807, 2.05) is 37.3 Å². The van der Waals surface area contributed by atoms with Crippen molar-refractivity contribution >= 4 is 5.78 Å². The molecule has 1 aromatic rings. The summed E-state index contributed by atoms with van der Waals surface area (Å²) in [5.74, 6) is 0.122. The van der Waals surface area contributed by atoms with Crippen molar-refractivity contribution in [2.75, 3.05) is 7.11 Å². The lowest BCUT2D eigenvalue weighted by Gasteiger charge is -2.00. The fourth-order valence-corrected chi connectivity index (χ4v) is 1.22. The number of methoxy groups -OCH3 is 1. The number of ether oxygens (including phenoxy) is 1. The first-order valence-corrected chi connectivity index (χ1v) is 4.50. The highest BCUT2D eigenvalue weighted by atomic mass is 16.5. The van der Waals surface area contributed by atoms with E-state index in [9.17, 15) is 4.79 Å². The Bertz CT molecular complexity index is 325. The molecule has 0 aliphatic heterocycles. The molecular formula is C12H14O2. The predicted molar refractivity (Wildman–Crippen MR) is 56.2 cm³/mol. The summed E-state index contributed by atoms with van der Waals surface area (Å²) in [5.41, 5.74) is 1.68. The van der Waals surface area contributed by atoms with Gasteiger partial charge in [0.05, 0.1) is 13.4 Å². The van der Waals surface area contributed by atoms with Crippen LogP contribution in [0.1, 0.15) is 23.7 Å². The van der Waals surface area contributed by atoms with Crippen molar-refractivity contribution in [2.45, 2.75) is 13.3 Å². The summed E-state index contributed by atoms with van der Waals surface area (Å²) in [6.07, 6.45) is 2.01. The lowest BCUT2D eigenvalue weighted by atomic mass is 10.1. The second kappa shape index (κ2) is 5.22. The molecule has 2 heteroatoms. The van der Waals surface area contributed by atoms with Crippen molar-refractivity contribution in [3.63, 3.8) is 0 Å². The number of carbonyl (C=O) groups is 1. The summed E-state index contributed by atoms with van der Waals surface area (Å²) in [5, 5.41) is 0. The molecule has 0 bridgehead atoms. The number of benzene rings is 1. The molecule has 0 aromatic heterocycles. The van der Waals surface area contributed by atoms with Gasteiger partial charge in [-0.15, -0.1) is 0 Å². The maximum absolute atomic E-state index is 11.6. The molecule has 74 valence electrons. The SMILES string of the molecule is CO/C=C(/C)CC(=O)c1ccccc1. The number of allylic oxidation sites excluding steroid dienone is 1. The van der Waals surface area contributed by atoms with Crippen molar-refractivity contribution in [2.24, 2.45) is 0 Å². The van der Waals surface area contributed by atoms with E-state index in [-0.39, 0.29) is 5.78 Å². The fraction of sp³-hybridized carbons (Fsp3) is 0.250. The zero-order valence-corrected chi connectivity index (χ0v) is 8.49. The molecular weight excluding hydrogens is 176 g/mol. The molecule has 1 rings (SSSR count). The summed E-state index contributed by atoms with van der Waals surface area (Å²) < 4.78 is 4.83. The van der Waals surface area contributed by atoms with E-state index in [4.69, 9.17) is 4.74 Å². The van der Waals surface area contributed by atoms with Crippen LogP contribution in [-0.4, -0.2) is 12.9 Å². The highest BCUT2D eigenvalue weighted by Gasteiger charge is 2.05. The first kappa shape index (κ1) is 10.5. The molecule has 0 saturated heterocycles. The van der Waals surface area contributed by atoms with Crippen LogP contribution in [0.4, 0.5) is 0 Å². The molecule has 2 nitrogen and oxygen atoms in total. The molecule has 0 radical (unpaired) electrons. The molecule has 0 unspecified atom stereocenters. The van der Waals surface area contributed by atoms with Crippen LogP contribution in [-0.2, 0) is 4.74 Å². The molecule has 0 heterocycles. The molecule has 0 N–H and O–H groups in total. The molecule has 1 aromatic carbocycles. The van der Waals surface area contributed by atoms with Crippen molar-refractivity contribution in [3.8, 4) is 0 Å². The maximum atomic E-state index is 11.6. The summed E-state index contributed by atoms with van der Waals surface area (Å²) >= 11 is 0. The molecule has 0 aliphatic carbocycles. The summed E-state index contributed by atoms with van der Waals surface area (Å²) in [4.78, 5) is 11.6. The Labute approximate surface area is 84.2 Å². The van der Waals surface area contributed by atoms with E-state index >= 15 is 0 Å². The average molecular weight is 190 g/mol. The van der Waals surface area contributed by atoms with Crippen LogP contribution in [0.25, 0.3) is 0 Å². The molecule has 0 amide bonds. The second-order valence-electron chi connectivity index (χ2n) is 3.17. The monoisotopic (exact) mass is 190 g/mol. The predicted octanol–water partition coefficient (Wildman–Crippen LogP) is 2.81. The van der Waals surface area contributed by atoms with Crippen molar-refractivity contribution in [1.29, 1.82) is 0 Å². The second-order valence-corrected chi connectivity index (χ2v) is 3.17. The highest BCUT2D eigenvalue weighted by molar-refractivity contribution is 5.97. The molecule has 14 heavy (non-hydrogen) atoms. The first-order valence-electron chi connectivity index (χ1n) is 4.50. The van der Waals surface area contributed by atoms with Gasteiger partial charge in [0.15, 0.2) is 5.78 Å².